The van der Waals surface area contributed by atoms with Gasteiger partial charge in [-0.2, -0.15) is 5.26 Å². The van der Waals surface area contributed by atoms with Crippen LogP contribution < -0.4 is 5.32 Å². The van der Waals surface area contributed by atoms with E-state index >= 15 is 0 Å². The number of hydrogen-bond acceptors (Lipinski definition) is 3. The van der Waals surface area contributed by atoms with Crippen LogP contribution >= 0.6 is 11.3 Å². The summed E-state index contributed by atoms with van der Waals surface area (Å²) in [4.78, 5) is 14.6. The number of aryl methyl sites for hydroxylation is 2. The van der Waals surface area contributed by atoms with Crippen LogP contribution in [0.15, 0.2) is 6.07 Å². The second-order valence-corrected chi connectivity index (χ2v) is 6.57. The van der Waals surface area contributed by atoms with Crippen molar-refractivity contribution in [3.63, 3.8) is 0 Å². The fraction of sp³-hybridized carbons (Fsp3) is 0.571. The second-order valence-electron chi connectivity index (χ2n) is 5.11. The lowest BCUT2D eigenvalue weighted by molar-refractivity contribution is -0.132. The molecule has 1 heterocycles. The fourth-order valence-electron chi connectivity index (χ4n) is 2.41. The smallest absolute Gasteiger partial charge is 0.240 e. The first-order valence-electron chi connectivity index (χ1n) is 6.28. The van der Waals surface area contributed by atoms with Crippen molar-refractivity contribution in [1.82, 2.24) is 5.32 Å². The molecule has 1 saturated carbocycles. The molecule has 1 amide bonds. The highest BCUT2D eigenvalue weighted by Gasteiger charge is 2.45. The standard InChI is InChI=1S/C14H18N2OS/c1-9-7-12(11(3)18-9)10(2)16-13(17)14(8-15)5-4-6-14/h7,10H,4-6H2,1-3H3,(H,16,17). The van der Waals surface area contributed by atoms with Gasteiger partial charge in [0.25, 0.3) is 0 Å². The Morgan fingerprint density at radius 2 is 2.22 bits per heavy atom. The highest BCUT2D eigenvalue weighted by Crippen LogP contribution is 2.41. The van der Waals surface area contributed by atoms with Crippen LogP contribution in [-0.2, 0) is 4.79 Å². The summed E-state index contributed by atoms with van der Waals surface area (Å²) in [5.74, 6) is -0.105. The molecule has 0 aliphatic heterocycles. The third-order valence-corrected chi connectivity index (χ3v) is 4.73. The Labute approximate surface area is 112 Å². The minimum Gasteiger partial charge on any atom is -0.348 e. The van der Waals surface area contributed by atoms with Crippen molar-refractivity contribution < 1.29 is 4.79 Å². The zero-order valence-electron chi connectivity index (χ0n) is 11.0. The van der Waals surface area contributed by atoms with E-state index in [1.165, 1.54) is 15.3 Å². The maximum absolute atomic E-state index is 12.1. The molecule has 0 spiro atoms. The second kappa shape index (κ2) is 4.74. The van der Waals surface area contributed by atoms with E-state index < -0.39 is 5.41 Å². The van der Waals surface area contributed by atoms with Gasteiger partial charge < -0.3 is 5.32 Å². The summed E-state index contributed by atoms with van der Waals surface area (Å²) in [6.45, 7) is 6.12. The molecule has 4 heteroatoms. The molecular weight excluding hydrogens is 244 g/mol. The Morgan fingerprint density at radius 1 is 1.56 bits per heavy atom. The zero-order valence-corrected chi connectivity index (χ0v) is 11.9. The number of nitrogens with one attached hydrogen (secondary N) is 1. The van der Waals surface area contributed by atoms with E-state index in [4.69, 9.17) is 5.26 Å². The first-order chi connectivity index (χ1) is 8.48. The van der Waals surface area contributed by atoms with E-state index in [2.05, 4.69) is 31.3 Å². The lowest BCUT2D eigenvalue weighted by atomic mass is 9.69. The van der Waals surface area contributed by atoms with Gasteiger partial charge in [0.1, 0.15) is 5.41 Å². The number of thiophene rings is 1. The molecule has 18 heavy (non-hydrogen) atoms. The van der Waals surface area contributed by atoms with E-state index in [1.54, 1.807) is 11.3 Å². The van der Waals surface area contributed by atoms with Crippen LogP contribution in [0.2, 0.25) is 0 Å². The third-order valence-electron chi connectivity index (χ3n) is 3.75. The number of amides is 1. The summed E-state index contributed by atoms with van der Waals surface area (Å²) < 4.78 is 0. The molecular formula is C14H18N2OS. The summed E-state index contributed by atoms with van der Waals surface area (Å²) in [5.41, 5.74) is 0.408. The Bertz CT molecular complexity index is 508. The van der Waals surface area contributed by atoms with E-state index in [0.29, 0.717) is 12.8 Å². The van der Waals surface area contributed by atoms with E-state index in [1.807, 2.05) is 6.92 Å². The Morgan fingerprint density at radius 3 is 2.61 bits per heavy atom. The first kappa shape index (κ1) is 13.1. The van der Waals surface area contributed by atoms with Crippen molar-refractivity contribution in [2.45, 2.75) is 46.1 Å². The van der Waals surface area contributed by atoms with Gasteiger partial charge in [-0.05, 0) is 51.7 Å². The first-order valence-corrected chi connectivity index (χ1v) is 7.09. The topological polar surface area (TPSA) is 52.9 Å². The molecule has 1 aromatic rings. The van der Waals surface area contributed by atoms with Crippen molar-refractivity contribution in [3.05, 3.63) is 21.4 Å². The van der Waals surface area contributed by atoms with E-state index in [0.717, 1.165) is 6.42 Å². The van der Waals surface area contributed by atoms with Crippen LogP contribution in [0.1, 0.15) is 47.5 Å². The van der Waals surface area contributed by atoms with Gasteiger partial charge in [-0.3, -0.25) is 4.79 Å². The third kappa shape index (κ3) is 2.15. The van der Waals surface area contributed by atoms with E-state index in [-0.39, 0.29) is 11.9 Å². The molecule has 1 aliphatic carbocycles. The summed E-state index contributed by atoms with van der Waals surface area (Å²) in [6.07, 6.45) is 2.37. The van der Waals surface area contributed by atoms with Crippen LogP contribution in [0.3, 0.4) is 0 Å². The number of hydrogen-bond donors (Lipinski definition) is 1. The van der Waals surface area contributed by atoms with Crippen molar-refractivity contribution >= 4 is 17.2 Å². The summed E-state index contributed by atoms with van der Waals surface area (Å²) in [7, 11) is 0. The summed E-state index contributed by atoms with van der Waals surface area (Å²) in [6, 6.07) is 4.28. The molecule has 2 rings (SSSR count). The van der Waals surface area contributed by atoms with Gasteiger partial charge in [0.2, 0.25) is 5.91 Å². The molecule has 1 N–H and O–H groups in total. The van der Waals surface area contributed by atoms with Gasteiger partial charge in [0.15, 0.2) is 0 Å². The molecule has 1 aromatic heterocycles. The number of nitriles is 1. The molecule has 3 nitrogen and oxygen atoms in total. The van der Waals surface area contributed by atoms with Crippen molar-refractivity contribution in [1.29, 1.82) is 5.26 Å². The minimum atomic E-state index is -0.757. The highest BCUT2D eigenvalue weighted by molar-refractivity contribution is 7.12. The fourth-order valence-corrected chi connectivity index (χ4v) is 3.44. The molecule has 0 aromatic carbocycles. The van der Waals surface area contributed by atoms with Crippen LogP contribution in [0.4, 0.5) is 0 Å². The number of nitrogens with zero attached hydrogens (tertiary/aromatic N) is 1. The molecule has 1 aliphatic rings. The van der Waals surface area contributed by atoms with Crippen molar-refractivity contribution in [3.8, 4) is 6.07 Å². The largest absolute Gasteiger partial charge is 0.348 e. The molecule has 96 valence electrons. The van der Waals surface area contributed by atoms with Crippen LogP contribution in [0.5, 0.6) is 0 Å². The summed E-state index contributed by atoms with van der Waals surface area (Å²) in [5, 5.41) is 12.1. The van der Waals surface area contributed by atoms with Crippen LogP contribution in [-0.4, -0.2) is 5.91 Å². The average molecular weight is 262 g/mol. The van der Waals surface area contributed by atoms with Crippen molar-refractivity contribution in [2.24, 2.45) is 5.41 Å². The lowest BCUT2D eigenvalue weighted by Crippen LogP contribution is -2.45. The molecule has 0 saturated heterocycles. The number of carbonyl (C=O) groups is 1. The van der Waals surface area contributed by atoms with Crippen molar-refractivity contribution in [2.75, 3.05) is 0 Å². The SMILES string of the molecule is Cc1cc(C(C)NC(=O)C2(C#N)CCC2)c(C)s1. The summed E-state index contributed by atoms with van der Waals surface area (Å²) >= 11 is 1.74. The quantitative estimate of drug-likeness (QED) is 0.909. The maximum atomic E-state index is 12.1. The molecule has 0 radical (unpaired) electrons. The molecule has 0 bridgehead atoms. The van der Waals surface area contributed by atoms with Crippen LogP contribution in [0.25, 0.3) is 0 Å². The van der Waals surface area contributed by atoms with Gasteiger partial charge in [-0.15, -0.1) is 11.3 Å². The van der Waals surface area contributed by atoms with Crippen LogP contribution in [0, 0.1) is 30.6 Å². The minimum absolute atomic E-state index is 0.0201. The average Bonchev–Trinajstić information content (AvgIpc) is 2.57. The van der Waals surface area contributed by atoms with Gasteiger partial charge in [-0.1, -0.05) is 0 Å². The zero-order chi connectivity index (χ0) is 13.3. The Hall–Kier alpha value is -1.34. The predicted octanol–water partition coefficient (Wildman–Crippen LogP) is 3.24. The molecule has 1 atom stereocenters. The maximum Gasteiger partial charge on any atom is 0.240 e. The normalized spacial score (nSPS) is 18.6. The lowest BCUT2D eigenvalue weighted by Gasteiger charge is -2.34. The monoisotopic (exact) mass is 262 g/mol. The van der Waals surface area contributed by atoms with E-state index in [9.17, 15) is 4.79 Å². The number of rotatable bonds is 3. The Kier molecular flexibility index (Phi) is 3.45. The Balaban J connectivity index is 2.08. The van der Waals surface area contributed by atoms with Gasteiger partial charge in [-0.25, -0.2) is 0 Å². The van der Waals surface area contributed by atoms with Gasteiger partial charge >= 0.3 is 0 Å². The molecule has 1 unspecified atom stereocenters. The van der Waals surface area contributed by atoms with Gasteiger partial charge in [0, 0.05) is 9.75 Å². The molecule has 1 fully saturated rings. The number of carbonyl (C=O) groups excluding carboxylic acids is 1. The van der Waals surface area contributed by atoms with Gasteiger partial charge in [0.05, 0.1) is 12.1 Å². The highest BCUT2D eigenvalue weighted by atomic mass is 32.1. The predicted molar refractivity (Wildman–Crippen MR) is 72.2 cm³/mol.